The van der Waals surface area contributed by atoms with Gasteiger partial charge in [0.05, 0.1) is 12.7 Å². The molecule has 3 nitrogen and oxygen atoms in total. The van der Waals surface area contributed by atoms with Crippen molar-refractivity contribution in [3.8, 4) is 0 Å². The summed E-state index contributed by atoms with van der Waals surface area (Å²) in [6.45, 7) is 14.3. The van der Waals surface area contributed by atoms with Crippen LogP contribution < -0.4 is 5.32 Å². The summed E-state index contributed by atoms with van der Waals surface area (Å²) in [5, 5.41) is 3.53. The molecule has 0 saturated carbocycles. The summed E-state index contributed by atoms with van der Waals surface area (Å²) in [7, 11) is 0. The highest BCUT2D eigenvalue weighted by molar-refractivity contribution is 5.29. The van der Waals surface area contributed by atoms with Crippen molar-refractivity contribution < 1.29 is 9.47 Å². The van der Waals surface area contributed by atoms with E-state index in [0.717, 1.165) is 6.54 Å². The highest BCUT2D eigenvalue weighted by atomic mass is 16.7. The fraction of sp³-hybridized carbons (Fsp3) is 0.667. The molecule has 118 valence electrons. The molecule has 0 spiro atoms. The van der Waals surface area contributed by atoms with Gasteiger partial charge >= 0.3 is 0 Å². The van der Waals surface area contributed by atoms with Gasteiger partial charge in [0.2, 0.25) is 0 Å². The fourth-order valence-corrected chi connectivity index (χ4v) is 2.56. The van der Waals surface area contributed by atoms with Gasteiger partial charge in [-0.25, -0.2) is 0 Å². The molecule has 0 bridgehead atoms. The third kappa shape index (κ3) is 4.53. The van der Waals surface area contributed by atoms with Crippen LogP contribution in [0.1, 0.15) is 58.7 Å². The van der Waals surface area contributed by atoms with Crippen LogP contribution in [0.3, 0.4) is 0 Å². The molecular formula is C18H29NO2. The van der Waals surface area contributed by atoms with Crippen LogP contribution in [-0.2, 0) is 14.9 Å². The minimum Gasteiger partial charge on any atom is -0.348 e. The van der Waals surface area contributed by atoms with E-state index in [1.54, 1.807) is 0 Å². The van der Waals surface area contributed by atoms with Crippen LogP contribution in [0.25, 0.3) is 0 Å². The SMILES string of the molecule is CC(NCC1COC(C)(C)O1)c1ccc(C(C)(C)C)cc1. The first-order valence-corrected chi connectivity index (χ1v) is 7.83. The molecule has 1 N–H and O–H groups in total. The van der Waals surface area contributed by atoms with E-state index < -0.39 is 5.79 Å². The van der Waals surface area contributed by atoms with Gasteiger partial charge in [0.15, 0.2) is 5.79 Å². The molecule has 1 saturated heterocycles. The largest absolute Gasteiger partial charge is 0.348 e. The second kappa shape index (κ2) is 6.07. The van der Waals surface area contributed by atoms with E-state index >= 15 is 0 Å². The van der Waals surface area contributed by atoms with Crippen molar-refractivity contribution in [3.05, 3.63) is 35.4 Å². The van der Waals surface area contributed by atoms with Crippen LogP contribution in [0.15, 0.2) is 24.3 Å². The van der Waals surface area contributed by atoms with Crippen LogP contribution in [-0.4, -0.2) is 25.0 Å². The van der Waals surface area contributed by atoms with Gasteiger partial charge in [-0.2, -0.15) is 0 Å². The smallest absolute Gasteiger partial charge is 0.163 e. The molecule has 1 aromatic rings. The van der Waals surface area contributed by atoms with E-state index in [9.17, 15) is 0 Å². The lowest BCUT2D eigenvalue weighted by atomic mass is 9.86. The molecule has 0 amide bonds. The summed E-state index contributed by atoms with van der Waals surface area (Å²) in [5.41, 5.74) is 2.88. The molecule has 1 heterocycles. The Labute approximate surface area is 129 Å². The molecule has 2 atom stereocenters. The zero-order valence-corrected chi connectivity index (χ0v) is 14.2. The number of nitrogens with one attached hydrogen (secondary N) is 1. The monoisotopic (exact) mass is 291 g/mol. The van der Waals surface area contributed by atoms with Crippen molar-refractivity contribution in [2.75, 3.05) is 13.2 Å². The summed E-state index contributed by atoms with van der Waals surface area (Å²) in [5.74, 6) is -0.441. The first-order chi connectivity index (χ1) is 9.67. The normalized spacial score (nSPS) is 23.2. The fourth-order valence-electron chi connectivity index (χ4n) is 2.56. The number of ether oxygens (including phenoxy) is 2. The van der Waals surface area contributed by atoms with E-state index in [1.165, 1.54) is 11.1 Å². The quantitative estimate of drug-likeness (QED) is 0.915. The van der Waals surface area contributed by atoms with Gasteiger partial charge in [-0.05, 0) is 37.3 Å². The van der Waals surface area contributed by atoms with Crippen molar-refractivity contribution in [1.29, 1.82) is 0 Å². The van der Waals surface area contributed by atoms with Crippen LogP contribution >= 0.6 is 0 Å². The molecule has 1 aliphatic heterocycles. The molecule has 0 aliphatic carbocycles. The Morgan fingerprint density at radius 1 is 1.24 bits per heavy atom. The van der Waals surface area contributed by atoms with Gasteiger partial charge in [-0.1, -0.05) is 45.0 Å². The molecule has 2 rings (SSSR count). The van der Waals surface area contributed by atoms with Crippen molar-refractivity contribution in [1.82, 2.24) is 5.32 Å². The average Bonchev–Trinajstić information content (AvgIpc) is 2.75. The first kappa shape index (κ1) is 16.5. The Morgan fingerprint density at radius 2 is 1.86 bits per heavy atom. The maximum atomic E-state index is 5.81. The third-order valence-electron chi connectivity index (χ3n) is 4.00. The van der Waals surface area contributed by atoms with Crippen molar-refractivity contribution in [3.63, 3.8) is 0 Å². The van der Waals surface area contributed by atoms with E-state index in [0.29, 0.717) is 12.6 Å². The zero-order chi connectivity index (χ0) is 15.7. The Balaban J connectivity index is 1.87. The van der Waals surface area contributed by atoms with Crippen molar-refractivity contribution in [2.45, 2.75) is 64.9 Å². The minimum atomic E-state index is -0.441. The molecular weight excluding hydrogens is 262 g/mol. The number of hydrogen-bond donors (Lipinski definition) is 1. The van der Waals surface area contributed by atoms with Crippen LogP contribution in [0.2, 0.25) is 0 Å². The predicted molar refractivity (Wildman–Crippen MR) is 86.5 cm³/mol. The van der Waals surface area contributed by atoms with E-state index in [4.69, 9.17) is 9.47 Å². The number of hydrogen-bond acceptors (Lipinski definition) is 3. The lowest BCUT2D eigenvalue weighted by Gasteiger charge is -2.22. The molecule has 0 aromatic heterocycles. The van der Waals surface area contributed by atoms with Crippen molar-refractivity contribution in [2.24, 2.45) is 0 Å². The molecule has 21 heavy (non-hydrogen) atoms. The molecule has 1 aromatic carbocycles. The van der Waals surface area contributed by atoms with E-state index in [2.05, 4.69) is 57.3 Å². The lowest BCUT2D eigenvalue weighted by Crippen LogP contribution is -2.32. The van der Waals surface area contributed by atoms with Crippen LogP contribution in [0, 0.1) is 0 Å². The average molecular weight is 291 g/mol. The molecule has 0 radical (unpaired) electrons. The third-order valence-corrected chi connectivity index (χ3v) is 4.00. The van der Waals surface area contributed by atoms with Gasteiger partial charge in [0.25, 0.3) is 0 Å². The summed E-state index contributed by atoms with van der Waals surface area (Å²) in [6.07, 6.45) is 0.135. The zero-order valence-electron chi connectivity index (χ0n) is 14.2. The predicted octanol–water partition coefficient (Wildman–Crippen LogP) is 3.79. The molecule has 2 unspecified atom stereocenters. The number of rotatable bonds is 4. The molecule has 1 fully saturated rings. The van der Waals surface area contributed by atoms with Gasteiger partial charge in [-0.3, -0.25) is 0 Å². The Bertz CT molecular complexity index is 459. The highest BCUT2D eigenvalue weighted by Gasteiger charge is 2.32. The summed E-state index contributed by atoms with van der Waals surface area (Å²) in [6, 6.07) is 9.20. The Morgan fingerprint density at radius 3 is 2.33 bits per heavy atom. The standard InChI is InChI=1S/C18H29NO2/c1-13(19-11-16-12-20-18(5,6)21-16)14-7-9-15(10-8-14)17(2,3)4/h7-10,13,16,19H,11-12H2,1-6H3. The van der Waals surface area contributed by atoms with Crippen LogP contribution in [0.5, 0.6) is 0 Å². The maximum Gasteiger partial charge on any atom is 0.163 e. The Hall–Kier alpha value is -0.900. The van der Waals surface area contributed by atoms with Crippen LogP contribution in [0.4, 0.5) is 0 Å². The van der Waals surface area contributed by atoms with Gasteiger partial charge in [0, 0.05) is 12.6 Å². The van der Waals surface area contributed by atoms with Gasteiger partial charge < -0.3 is 14.8 Å². The minimum absolute atomic E-state index is 0.135. The van der Waals surface area contributed by atoms with Gasteiger partial charge in [-0.15, -0.1) is 0 Å². The Kier molecular flexibility index (Phi) is 4.76. The topological polar surface area (TPSA) is 30.5 Å². The van der Waals surface area contributed by atoms with E-state index in [1.807, 2.05) is 13.8 Å². The van der Waals surface area contributed by atoms with E-state index in [-0.39, 0.29) is 11.5 Å². The molecule has 1 aliphatic rings. The highest BCUT2D eigenvalue weighted by Crippen LogP contribution is 2.25. The molecule has 3 heteroatoms. The lowest BCUT2D eigenvalue weighted by molar-refractivity contribution is -0.137. The maximum absolute atomic E-state index is 5.81. The van der Waals surface area contributed by atoms with Gasteiger partial charge in [0.1, 0.15) is 0 Å². The number of benzene rings is 1. The van der Waals surface area contributed by atoms with Crippen molar-refractivity contribution >= 4 is 0 Å². The second-order valence-electron chi connectivity index (χ2n) is 7.45. The summed E-state index contributed by atoms with van der Waals surface area (Å²) < 4.78 is 11.4. The first-order valence-electron chi connectivity index (χ1n) is 7.83. The summed E-state index contributed by atoms with van der Waals surface area (Å²) >= 11 is 0. The second-order valence-corrected chi connectivity index (χ2v) is 7.45. The summed E-state index contributed by atoms with van der Waals surface area (Å²) in [4.78, 5) is 0.